The molecule has 0 aliphatic rings. The molecule has 1 aromatic rings. The summed E-state index contributed by atoms with van der Waals surface area (Å²) < 4.78 is 0. The molecule has 0 nitrogen and oxygen atoms in total. The maximum absolute atomic E-state index is 2.26. The predicted molar refractivity (Wildman–Crippen MR) is 72.7 cm³/mol. The number of aryl methyl sites for hydroxylation is 2. The van der Waals surface area contributed by atoms with Gasteiger partial charge in [0.2, 0.25) is 0 Å². The maximum atomic E-state index is 2.26. The number of rotatable bonds is 1. The van der Waals surface area contributed by atoms with Gasteiger partial charge in [-0.1, -0.05) is 70.9 Å². The Morgan fingerprint density at radius 1 is 0.933 bits per heavy atom. The summed E-state index contributed by atoms with van der Waals surface area (Å²) in [6, 6.07) is 6.74. The normalized spacial score (nSPS) is 9.00. The Morgan fingerprint density at radius 3 is 1.53 bits per heavy atom. The molecule has 1 aromatic carbocycles. The molecule has 0 saturated heterocycles. The lowest BCUT2D eigenvalue weighted by Gasteiger charge is -2.07. The van der Waals surface area contributed by atoms with Crippen molar-refractivity contribution in [2.75, 3.05) is 0 Å². The molecule has 15 heavy (non-hydrogen) atoms. The quantitative estimate of drug-likeness (QED) is 0.573. The first-order valence-corrected chi connectivity index (χ1v) is 5.59. The van der Waals surface area contributed by atoms with Gasteiger partial charge in [0.05, 0.1) is 0 Å². The minimum Gasteiger partial charge on any atom is -0.0776 e. The summed E-state index contributed by atoms with van der Waals surface area (Å²) in [5.74, 6) is 0.647. The van der Waals surface area contributed by atoms with Crippen LogP contribution in [-0.4, -0.2) is 0 Å². The standard InChI is InChI=1S/C11H16.C3H8.CH4/c1-8(2)11-6-9(3)5-10(4)7-11;1-3-2;/h5-8H,1-4H3;3H2,1-2H3;1H4. The van der Waals surface area contributed by atoms with Gasteiger partial charge in [-0.25, -0.2) is 0 Å². The van der Waals surface area contributed by atoms with E-state index in [9.17, 15) is 0 Å². The molecule has 0 spiro atoms. The van der Waals surface area contributed by atoms with Gasteiger partial charge in [-0.15, -0.1) is 0 Å². The van der Waals surface area contributed by atoms with E-state index in [2.05, 4.69) is 59.7 Å². The fraction of sp³-hybridized carbons (Fsp3) is 0.600. The Bertz CT molecular complexity index is 238. The van der Waals surface area contributed by atoms with E-state index in [4.69, 9.17) is 0 Å². The van der Waals surface area contributed by atoms with Gasteiger partial charge in [-0.2, -0.15) is 0 Å². The van der Waals surface area contributed by atoms with Gasteiger partial charge >= 0.3 is 0 Å². The van der Waals surface area contributed by atoms with Crippen molar-refractivity contribution in [2.24, 2.45) is 0 Å². The molecule has 0 aliphatic carbocycles. The molecule has 0 radical (unpaired) electrons. The molecule has 0 fully saturated rings. The predicted octanol–water partition coefficient (Wildman–Crippen LogP) is 5.48. The van der Waals surface area contributed by atoms with Gasteiger partial charge in [0, 0.05) is 0 Å². The molecule has 0 atom stereocenters. The molecule has 1 rings (SSSR count). The Morgan fingerprint density at radius 2 is 1.27 bits per heavy atom. The molecule has 0 aromatic heterocycles. The number of benzene rings is 1. The highest BCUT2D eigenvalue weighted by atomic mass is 14.0. The van der Waals surface area contributed by atoms with Crippen LogP contribution in [0.4, 0.5) is 0 Å². The second kappa shape index (κ2) is 8.52. The van der Waals surface area contributed by atoms with E-state index < -0.39 is 0 Å². The summed E-state index contributed by atoms with van der Waals surface area (Å²) in [7, 11) is 0. The van der Waals surface area contributed by atoms with Crippen LogP contribution in [0.1, 0.15) is 64.2 Å². The molecule has 0 heteroatoms. The third kappa shape index (κ3) is 7.18. The minimum absolute atomic E-state index is 0. The van der Waals surface area contributed by atoms with Gasteiger partial charge in [0.1, 0.15) is 0 Å². The van der Waals surface area contributed by atoms with E-state index in [0.29, 0.717) is 5.92 Å². The van der Waals surface area contributed by atoms with Crippen molar-refractivity contribution >= 4 is 0 Å². The highest BCUT2D eigenvalue weighted by Gasteiger charge is 1.99. The van der Waals surface area contributed by atoms with Crippen LogP contribution in [-0.2, 0) is 0 Å². The molecule has 0 unspecified atom stereocenters. The third-order valence-electron chi connectivity index (χ3n) is 1.91. The summed E-state index contributed by atoms with van der Waals surface area (Å²) in [5, 5.41) is 0. The molecule has 0 amide bonds. The van der Waals surface area contributed by atoms with E-state index >= 15 is 0 Å². The van der Waals surface area contributed by atoms with Crippen molar-refractivity contribution in [1.29, 1.82) is 0 Å². The highest BCUT2D eigenvalue weighted by Crippen LogP contribution is 2.17. The first-order chi connectivity index (χ1) is 6.51. The molecule has 0 saturated carbocycles. The Labute approximate surface area is 96.7 Å². The van der Waals surface area contributed by atoms with E-state index in [1.807, 2.05) is 0 Å². The van der Waals surface area contributed by atoms with Crippen LogP contribution in [0, 0.1) is 13.8 Å². The number of hydrogen-bond acceptors (Lipinski definition) is 0. The molecule has 0 heterocycles. The van der Waals surface area contributed by atoms with Crippen LogP contribution in [0.25, 0.3) is 0 Å². The average molecular weight is 208 g/mol. The van der Waals surface area contributed by atoms with E-state index in [1.165, 1.54) is 23.1 Å². The van der Waals surface area contributed by atoms with Gasteiger partial charge < -0.3 is 0 Å². The zero-order chi connectivity index (χ0) is 11.1. The molecular formula is C15H28. The van der Waals surface area contributed by atoms with E-state index in [0.717, 1.165) is 0 Å². The van der Waals surface area contributed by atoms with Crippen LogP contribution < -0.4 is 0 Å². The van der Waals surface area contributed by atoms with Crippen LogP contribution in [0.15, 0.2) is 18.2 Å². The van der Waals surface area contributed by atoms with E-state index in [-0.39, 0.29) is 7.43 Å². The van der Waals surface area contributed by atoms with Crippen LogP contribution in [0.3, 0.4) is 0 Å². The van der Waals surface area contributed by atoms with Crippen molar-refractivity contribution in [3.63, 3.8) is 0 Å². The summed E-state index contributed by atoms with van der Waals surface area (Å²) in [6.07, 6.45) is 1.25. The molecule has 0 bridgehead atoms. The van der Waals surface area contributed by atoms with Gasteiger partial charge in [0.15, 0.2) is 0 Å². The lowest BCUT2D eigenvalue weighted by molar-refractivity contribution is 0.863. The fourth-order valence-corrected chi connectivity index (χ4v) is 1.34. The first kappa shape index (κ1) is 16.6. The fourth-order valence-electron chi connectivity index (χ4n) is 1.34. The second-order valence-electron chi connectivity index (χ2n) is 4.28. The zero-order valence-electron chi connectivity index (χ0n) is 10.5. The van der Waals surface area contributed by atoms with E-state index in [1.54, 1.807) is 0 Å². The molecule has 0 aliphatic heterocycles. The van der Waals surface area contributed by atoms with Crippen molar-refractivity contribution in [2.45, 2.75) is 61.3 Å². The smallest absolute Gasteiger partial charge is 0.0219 e. The SMILES string of the molecule is C.CCC.Cc1cc(C)cc(C(C)C)c1. The lowest BCUT2D eigenvalue weighted by Crippen LogP contribution is -1.89. The van der Waals surface area contributed by atoms with Gasteiger partial charge in [0.25, 0.3) is 0 Å². The monoisotopic (exact) mass is 208 g/mol. The first-order valence-electron chi connectivity index (χ1n) is 5.59. The lowest BCUT2D eigenvalue weighted by atomic mass is 9.99. The van der Waals surface area contributed by atoms with Crippen molar-refractivity contribution < 1.29 is 0 Å². The second-order valence-corrected chi connectivity index (χ2v) is 4.28. The largest absolute Gasteiger partial charge is 0.0776 e. The van der Waals surface area contributed by atoms with Crippen LogP contribution in [0.5, 0.6) is 0 Å². The van der Waals surface area contributed by atoms with Gasteiger partial charge in [-0.3, -0.25) is 0 Å². The molecule has 0 N–H and O–H groups in total. The summed E-state index contributed by atoms with van der Waals surface area (Å²) in [5.41, 5.74) is 4.19. The topological polar surface area (TPSA) is 0 Å². The molecule has 88 valence electrons. The highest BCUT2D eigenvalue weighted by molar-refractivity contribution is 5.30. The Kier molecular flexibility index (Phi) is 9.46. The van der Waals surface area contributed by atoms with Crippen molar-refractivity contribution in [1.82, 2.24) is 0 Å². The van der Waals surface area contributed by atoms with Crippen LogP contribution in [0.2, 0.25) is 0 Å². The van der Waals surface area contributed by atoms with Crippen molar-refractivity contribution in [3.8, 4) is 0 Å². The van der Waals surface area contributed by atoms with Crippen molar-refractivity contribution in [3.05, 3.63) is 34.9 Å². The third-order valence-corrected chi connectivity index (χ3v) is 1.91. The Hall–Kier alpha value is -0.780. The molecular weight excluding hydrogens is 180 g/mol. The summed E-state index contributed by atoms with van der Waals surface area (Å²) in [4.78, 5) is 0. The number of hydrogen-bond donors (Lipinski definition) is 0. The maximum Gasteiger partial charge on any atom is -0.0219 e. The van der Waals surface area contributed by atoms with Gasteiger partial charge in [-0.05, 0) is 25.3 Å². The average Bonchev–Trinajstić information content (AvgIpc) is 2.03. The van der Waals surface area contributed by atoms with Crippen LogP contribution >= 0.6 is 0 Å². The summed E-state index contributed by atoms with van der Waals surface area (Å²) in [6.45, 7) is 13.0. The summed E-state index contributed by atoms with van der Waals surface area (Å²) >= 11 is 0. The Balaban J connectivity index is 0. The zero-order valence-corrected chi connectivity index (χ0v) is 10.5. The minimum atomic E-state index is 0.